The van der Waals surface area contributed by atoms with Gasteiger partial charge < -0.3 is 0 Å². The van der Waals surface area contributed by atoms with Crippen LogP contribution in [0.1, 0.15) is 20.8 Å². The van der Waals surface area contributed by atoms with Crippen LogP contribution >= 0.6 is 0 Å². The molecule has 0 amide bonds. The summed E-state index contributed by atoms with van der Waals surface area (Å²) in [5, 5.41) is 3.85. The Morgan fingerprint density at radius 3 is 1.25 bits per heavy atom. The molecule has 0 rings (SSSR count). The third-order valence-corrected chi connectivity index (χ3v) is 11.0. The van der Waals surface area contributed by atoms with Gasteiger partial charge in [0, 0.05) is 0 Å². The molecule has 0 bridgehead atoms. The SMILES string of the molecule is CC[AsH](N)(CC)CC. The third-order valence-electron chi connectivity index (χ3n) is 2.11. The van der Waals surface area contributed by atoms with E-state index in [1.165, 1.54) is 15.6 Å². The number of nitrogens with two attached hydrogens (primary N) is 1. The Labute approximate surface area is 55.3 Å². The summed E-state index contributed by atoms with van der Waals surface area (Å²) in [6.45, 7) is 6.69. The van der Waals surface area contributed by atoms with Gasteiger partial charge in [-0.25, -0.2) is 0 Å². The molecule has 0 atom stereocenters. The zero-order valence-electron chi connectivity index (χ0n) is 6.20. The minimum atomic E-state index is -1.62. The first-order valence-electron chi connectivity index (χ1n) is 3.47. The van der Waals surface area contributed by atoms with Crippen LogP contribution in [0.25, 0.3) is 0 Å². The first-order valence-corrected chi connectivity index (χ1v) is 9.13. The van der Waals surface area contributed by atoms with E-state index in [-0.39, 0.29) is 0 Å². The second kappa shape index (κ2) is 3.53. The molecule has 0 fully saturated rings. The van der Waals surface area contributed by atoms with Gasteiger partial charge in [-0.1, -0.05) is 0 Å². The van der Waals surface area contributed by atoms with Crippen molar-refractivity contribution in [1.82, 2.24) is 0 Å². The Hall–Kier alpha value is 0.518. The van der Waals surface area contributed by atoms with Crippen molar-refractivity contribution in [2.24, 2.45) is 4.65 Å². The first kappa shape index (κ1) is 8.52. The van der Waals surface area contributed by atoms with E-state index in [1.807, 2.05) is 0 Å². The third kappa shape index (κ3) is 2.19. The molecule has 0 aliphatic carbocycles. The number of hydrogen-bond donors (Lipinski definition) is 1. The molecule has 0 aliphatic rings. The molecule has 0 unspecified atom stereocenters. The Morgan fingerprint density at radius 1 is 1.00 bits per heavy atom. The van der Waals surface area contributed by atoms with Crippen LogP contribution in [-0.2, 0) is 0 Å². The summed E-state index contributed by atoms with van der Waals surface area (Å²) in [6, 6.07) is 0. The average molecular weight is 179 g/mol. The van der Waals surface area contributed by atoms with Crippen molar-refractivity contribution < 1.29 is 0 Å². The van der Waals surface area contributed by atoms with Crippen LogP contribution in [0.5, 0.6) is 0 Å². The van der Waals surface area contributed by atoms with Crippen LogP contribution in [0.2, 0.25) is 15.6 Å². The molecule has 0 heterocycles. The summed E-state index contributed by atoms with van der Waals surface area (Å²) >= 11 is -1.62. The molecule has 8 heavy (non-hydrogen) atoms. The van der Waals surface area contributed by atoms with Gasteiger partial charge in [0.1, 0.15) is 0 Å². The van der Waals surface area contributed by atoms with Crippen LogP contribution in [-0.4, -0.2) is 13.8 Å². The average Bonchev–Trinajstić information content (AvgIpc) is 1.87. The van der Waals surface area contributed by atoms with Gasteiger partial charge in [-0.3, -0.25) is 0 Å². The summed E-state index contributed by atoms with van der Waals surface area (Å²) in [4.78, 5) is 0. The Balaban J connectivity index is 3.58. The summed E-state index contributed by atoms with van der Waals surface area (Å²) in [5.41, 5.74) is 0. The van der Waals surface area contributed by atoms with Gasteiger partial charge in [-0.15, -0.1) is 0 Å². The Bertz CT molecular complexity index is 51.3. The van der Waals surface area contributed by atoms with Crippen LogP contribution in [0, 0.1) is 0 Å². The molecule has 0 radical (unpaired) electrons. The minimum absolute atomic E-state index is 1.28. The normalized spacial score (nSPS) is 14.0. The van der Waals surface area contributed by atoms with Gasteiger partial charge in [0.05, 0.1) is 0 Å². The molecule has 0 aromatic heterocycles. The van der Waals surface area contributed by atoms with Crippen LogP contribution in [0.4, 0.5) is 0 Å². The summed E-state index contributed by atoms with van der Waals surface area (Å²) in [5.74, 6) is 0. The van der Waals surface area contributed by atoms with Gasteiger partial charge in [-0.05, 0) is 0 Å². The van der Waals surface area contributed by atoms with E-state index in [2.05, 4.69) is 20.8 Å². The van der Waals surface area contributed by atoms with Crippen molar-refractivity contribution in [2.75, 3.05) is 0 Å². The molecule has 0 aromatic carbocycles. The van der Waals surface area contributed by atoms with E-state index in [1.54, 1.807) is 0 Å². The Morgan fingerprint density at radius 2 is 1.25 bits per heavy atom. The fourth-order valence-corrected chi connectivity index (χ4v) is 3.90. The molecule has 2 N–H and O–H groups in total. The second-order valence-electron chi connectivity index (χ2n) is 2.42. The van der Waals surface area contributed by atoms with Crippen molar-refractivity contribution in [1.29, 1.82) is 0 Å². The predicted molar refractivity (Wildman–Crippen MR) is 42.8 cm³/mol. The fourth-order valence-electron chi connectivity index (χ4n) is 0.750. The van der Waals surface area contributed by atoms with E-state index in [0.29, 0.717) is 0 Å². The van der Waals surface area contributed by atoms with Gasteiger partial charge >= 0.3 is 54.8 Å². The van der Waals surface area contributed by atoms with Crippen molar-refractivity contribution in [3.63, 3.8) is 0 Å². The number of hydrogen-bond acceptors (Lipinski definition) is 1. The van der Waals surface area contributed by atoms with E-state index in [9.17, 15) is 0 Å². The summed E-state index contributed by atoms with van der Waals surface area (Å²) in [7, 11) is 0. The van der Waals surface area contributed by atoms with Gasteiger partial charge in [0.2, 0.25) is 0 Å². The van der Waals surface area contributed by atoms with E-state index in [4.69, 9.17) is 4.65 Å². The summed E-state index contributed by atoms with van der Waals surface area (Å²) in [6.07, 6.45) is 0. The van der Waals surface area contributed by atoms with E-state index >= 15 is 0 Å². The first-order chi connectivity index (χ1) is 3.68. The Kier molecular flexibility index (Phi) is 3.75. The van der Waals surface area contributed by atoms with E-state index < -0.39 is 13.8 Å². The topological polar surface area (TPSA) is 26.0 Å². The molecule has 1 nitrogen and oxygen atoms in total. The van der Waals surface area contributed by atoms with Crippen molar-refractivity contribution in [3.8, 4) is 0 Å². The maximum absolute atomic E-state index is 6.08. The molecule has 0 saturated carbocycles. The molecule has 0 aliphatic heterocycles. The zero-order chi connectivity index (χ0) is 6.62. The van der Waals surface area contributed by atoms with Crippen LogP contribution in [0.15, 0.2) is 0 Å². The molecule has 0 saturated heterocycles. The quantitative estimate of drug-likeness (QED) is 0.655. The standard InChI is InChI=1S/C6H18AsN/c1-4-7(8,5-2)6-3/h7H,4-6,8H2,1-3H3. The van der Waals surface area contributed by atoms with Crippen molar-refractivity contribution in [3.05, 3.63) is 0 Å². The predicted octanol–water partition coefficient (Wildman–Crippen LogP) is 1.68. The van der Waals surface area contributed by atoms with Crippen molar-refractivity contribution >= 4 is 13.8 Å². The van der Waals surface area contributed by atoms with Crippen molar-refractivity contribution in [2.45, 2.75) is 36.4 Å². The van der Waals surface area contributed by atoms with Crippen LogP contribution in [0.3, 0.4) is 0 Å². The fraction of sp³-hybridized carbons (Fsp3) is 1.00. The molecule has 52 valence electrons. The van der Waals surface area contributed by atoms with Gasteiger partial charge in [0.15, 0.2) is 0 Å². The molecular formula is C6H18AsN. The molecule has 0 spiro atoms. The monoisotopic (exact) mass is 179 g/mol. The summed E-state index contributed by atoms with van der Waals surface area (Å²) < 4.78 is 6.08. The van der Waals surface area contributed by atoms with Gasteiger partial charge in [0.25, 0.3) is 0 Å². The molecule has 2 heteroatoms. The maximum atomic E-state index is 6.08. The second-order valence-corrected chi connectivity index (χ2v) is 12.6. The zero-order valence-corrected chi connectivity index (χ0v) is 8.30. The number of rotatable bonds is 3. The van der Waals surface area contributed by atoms with Gasteiger partial charge in [-0.2, -0.15) is 0 Å². The van der Waals surface area contributed by atoms with Crippen LogP contribution < -0.4 is 4.65 Å². The molecule has 0 aromatic rings. The molecular weight excluding hydrogens is 161 g/mol. The van der Waals surface area contributed by atoms with E-state index in [0.717, 1.165) is 0 Å².